The van der Waals surface area contributed by atoms with Crippen molar-refractivity contribution in [1.82, 2.24) is 0 Å². The molecule has 0 spiro atoms. The maximum Gasteiger partial charge on any atom is 0.135 e. The summed E-state index contributed by atoms with van der Waals surface area (Å²) in [6, 6.07) is 76.0. The number of fused-ring (bicyclic) bond motifs is 4. The fraction of sp³-hybridized carbons (Fsp3) is 0. The predicted molar refractivity (Wildman–Crippen MR) is 228 cm³/mol. The first-order valence-corrected chi connectivity index (χ1v) is 18.4. The number of nitrogens with zero attached hydrogens (tertiary/aromatic N) is 1. The van der Waals surface area contributed by atoms with Gasteiger partial charge in [-0.2, -0.15) is 0 Å². The Morgan fingerprint density at radius 3 is 1.39 bits per heavy atom. The van der Waals surface area contributed by atoms with E-state index in [4.69, 9.17) is 4.42 Å². The second-order valence-electron chi connectivity index (χ2n) is 13.8. The molecule has 1 aromatic heterocycles. The van der Waals surface area contributed by atoms with Crippen molar-refractivity contribution in [3.05, 3.63) is 212 Å². The van der Waals surface area contributed by atoms with Crippen molar-refractivity contribution in [2.24, 2.45) is 0 Å². The highest BCUT2D eigenvalue weighted by molar-refractivity contribution is 6.06. The van der Waals surface area contributed by atoms with E-state index in [1.54, 1.807) is 0 Å². The molecule has 0 fully saturated rings. The topological polar surface area (TPSA) is 16.4 Å². The van der Waals surface area contributed by atoms with E-state index in [0.29, 0.717) is 0 Å². The summed E-state index contributed by atoms with van der Waals surface area (Å²) in [4.78, 5) is 2.33. The average Bonchev–Trinajstić information content (AvgIpc) is 3.63. The van der Waals surface area contributed by atoms with Crippen molar-refractivity contribution in [2.75, 3.05) is 4.90 Å². The van der Waals surface area contributed by atoms with Gasteiger partial charge in [-0.15, -0.1) is 0 Å². The van der Waals surface area contributed by atoms with Gasteiger partial charge in [-0.3, -0.25) is 0 Å². The number of para-hydroxylation sites is 1. The van der Waals surface area contributed by atoms with E-state index in [2.05, 4.69) is 205 Å². The number of hydrogen-bond acceptors (Lipinski definition) is 2. The number of benzene rings is 9. The molecule has 0 aliphatic heterocycles. The van der Waals surface area contributed by atoms with Crippen molar-refractivity contribution in [3.8, 4) is 44.5 Å². The Morgan fingerprint density at radius 2 is 0.704 bits per heavy atom. The van der Waals surface area contributed by atoms with Gasteiger partial charge < -0.3 is 9.32 Å². The zero-order chi connectivity index (χ0) is 35.8. The van der Waals surface area contributed by atoms with Crippen molar-refractivity contribution in [1.29, 1.82) is 0 Å². The second-order valence-corrected chi connectivity index (χ2v) is 13.8. The van der Waals surface area contributed by atoms with Gasteiger partial charge in [-0.05, 0) is 122 Å². The van der Waals surface area contributed by atoms with Gasteiger partial charge in [0.25, 0.3) is 0 Å². The maximum atomic E-state index is 6.10. The molecule has 2 nitrogen and oxygen atoms in total. The first-order chi connectivity index (χ1) is 26.7. The average molecular weight is 690 g/mol. The number of anilines is 3. The van der Waals surface area contributed by atoms with E-state index in [1.807, 2.05) is 12.1 Å². The second kappa shape index (κ2) is 13.4. The van der Waals surface area contributed by atoms with Gasteiger partial charge in [-0.1, -0.05) is 146 Å². The molecule has 9 aromatic carbocycles. The van der Waals surface area contributed by atoms with Gasteiger partial charge in [0.15, 0.2) is 0 Å². The highest BCUT2D eigenvalue weighted by Crippen LogP contribution is 2.39. The fourth-order valence-corrected chi connectivity index (χ4v) is 7.64. The molecular formula is C52H35NO. The quantitative estimate of drug-likeness (QED) is 0.166. The molecule has 0 N–H and O–H groups in total. The van der Waals surface area contributed by atoms with Crippen LogP contribution >= 0.6 is 0 Å². The van der Waals surface area contributed by atoms with E-state index in [-0.39, 0.29) is 0 Å². The lowest BCUT2D eigenvalue weighted by Gasteiger charge is -2.26. The Balaban J connectivity index is 0.998. The smallest absolute Gasteiger partial charge is 0.135 e. The number of furan rings is 1. The third-order valence-corrected chi connectivity index (χ3v) is 10.5. The monoisotopic (exact) mass is 689 g/mol. The minimum absolute atomic E-state index is 0.908. The first-order valence-electron chi connectivity index (χ1n) is 18.4. The SMILES string of the molecule is c1ccc(-c2ccc(N(c3ccc(-c4cccc(-c5ccc6ccccc6c5)c4)cc3)c3ccc(-c4ccc5oc6ccccc6c5c4)cc3)cc2)cc1. The summed E-state index contributed by atoms with van der Waals surface area (Å²) < 4.78 is 6.10. The lowest BCUT2D eigenvalue weighted by atomic mass is 9.97. The van der Waals surface area contributed by atoms with E-state index in [9.17, 15) is 0 Å². The standard InChI is InChI=1S/C52H35NO/c1-2-9-36(10-3-1)38-19-26-46(27-20-38)53(48-30-23-40(24-31-48)45-25-32-52-50(35-45)49-15-6-7-16-51(49)54-52)47-28-21-39(22-29-47)42-13-8-14-43(33-42)44-18-17-37-11-4-5-12-41(37)34-44/h1-35H. The highest BCUT2D eigenvalue weighted by Gasteiger charge is 2.15. The zero-order valence-electron chi connectivity index (χ0n) is 29.6. The van der Waals surface area contributed by atoms with E-state index in [1.165, 1.54) is 44.2 Å². The van der Waals surface area contributed by atoms with Gasteiger partial charge in [0, 0.05) is 27.8 Å². The molecule has 10 rings (SSSR count). The molecule has 2 heteroatoms. The van der Waals surface area contributed by atoms with Crippen LogP contribution in [0.15, 0.2) is 217 Å². The Morgan fingerprint density at radius 1 is 0.259 bits per heavy atom. The van der Waals surface area contributed by atoms with Crippen LogP contribution < -0.4 is 4.90 Å². The molecule has 0 aliphatic rings. The Bertz CT molecular complexity index is 2900. The summed E-state index contributed by atoms with van der Waals surface area (Å²) in [5.74, 6) is 0. The van der Waals surface area contributed by atoms with Gasteiger partial charge in [0.1, 0.15) is 11.2 Å². The minimum Gasteiger partial charge on any atom is -0.456 e. The highest BCUT2D eigenvalue weighted by atomic mass is 16.3. The molecule has 0 saturated carbocycles. The number of rotatable bonds is 7. The molecule has 0 amide bonds. The summed E-state index contributed by atoms with van der Waals surface area (Å²) >= 11 is 0. The van der Waals surface area contributed by atoms with Gasteiger partial charge in [0.2, 0.25) is 0 Å². The van der Waals surface area contributed by atoms with Gasteiger partial charge in [0.05, 0.1) is 0 Å². The molecule has 0 bridgehead atoms. The van der Waals surface area contributed by atoms with Crippen LogP contribution in [0.25, 0.3) is 77.2 Å². The number of hydrogen-bond donors (Lipinski definition) is 0. The van der Waals surface area contributed by atoms with Crippen LogP contribution in [0.2, 0.25) is 0 Å². The fourth-order valence-electron chi connectivity index (χ4n) is 7.64. The van der Waals surface area contributed by atoms with Crippen LogP contribution in [0.1, 0.15) is 0 Å². The summed E-state index contributed by atoms with van der Waals surface area (Å²) in [5.41, 5.74) is 14.6. The lowest BCUT2D eigenvalue weighted by Crippen LogP contribution is -2.09. The van der Waals surface area contributed by atoms with Crippen LogP contribution in [-0.4, -0.2) is 0 Å². The third-order valence-electron chi connectivity index (χ3n) is 10.5. The summed E-state index contributed by atoms with van der Waals surface area (Å²) in [6.45, 7) is 0. The summed E-state index contributed by atoms with van der Waals surface area (Å²) in [5, 5.41) is 4.78. The lowest BCUT2D eigenvalue weighted by molar-refractivity contribution is 0.669. The van der Waals surface area contributed by atoms with Gasteiger partial charge in [-0.25, -0.2) is 0 Å². The molecule has 0 radical (unpaired) electrons. The molecule has 0 atom stereocenters. The van der Waals surface area contributed by atoms with E-state index in [0.717, 1.165) is 50.1 Å². The Kier molecular flexibility index (Phi) is 7.85. The molecule has 254 valence electrons. The molecule has 0 saturated heterocycles. The summed E-state index contributed by atoms with van der Waals surface area (Å²) in [7, 11) is 0. The minimum atomic E-state index is 0.908. The van der Waals surface area contributed by atoms with Crippen LogP contribution in [0.3, 0.4) is 0 Å². The molecule has 1 heterocycles. The molecule has 10 aromatic rings. The van der Waals surface area contributed by atoms with Crippen LogP contribution in [0.5, 0.6) is 0 Å². The zero-order valence-corrected chi connectivity index (χ0v) is 29.6. The normalized spacial score (nSPS) is 11.3. The predicted octanol–water partition coefficient (Wildman–Crippen LogP) is 14.9. The Hall–Kier alpha value is -7.16. The van der Waals surface area contributed by atoms with E-state index < -0.39 is 0 Å². The summed E-state index contributed by atoms with van der Waals surface area (Å²) in [6.07, 6.45) is 0. The van der Waals surface area contributed by atoms with Gasteiger partial charge >= 0.3 is 0 Å². The Labute approximate surface area is 314 Å². The van der Waals surface area contributed by atoms with Crippen LogP contribution in [-0.2, 0) is 0 Å². The van der Waals surface area contributed by atoms with E-state index >= 15 is 0 Å². The molecule has 0 unspecified atom stereocenters. The third kappa shape index (κ3) is 5.90. The molecule has 54 heavy (non-hydrogen) atoms. The van der Waals surface area contributed by atoms with Crippen molar-refractivity contribution in [2.45, 2.75) is 0 Å². The van der Waals surface area contributed by atoms with Crippen LogP contribution in [0, 0.1) is 0 Å². The van der Waals surface area contributed by atoms with Crippen molar-refractivity contribution < 1.29 is 4.42 Å². The largest absolute Gasteiger partial charge is 0.456 e. The van der Waals surface area contributed by atoms with Crippen molar-refractivity contribution >= 4 is 49.8 Å². The van der Waals surface area contributed by atoms with Crippen LogP contribution in [0.4, 0.5) is 17.1 Å². The maximum absolute atomic E-state index is 6.10. The first kappa shape index (κ1) is 31.6. The molecular weight excluding hydrogens is 655 g/mol. The molecule has 0 aliphatic carbocycles. The van der Waals surface area contributed by atoms with Crippen molar-refractivity contribution in [3.63, 3.8) is 0 Å².